The summed E-state index contributed by atoms with van der Waals surface area (Å²) in [4.78, 5) is 6.72. The molecule has 1 aromatic carbocycles. The number of aromatic nitrogens is 4. The second-order valence-corrected chi connectivity index (χ2v) is 6.00. The van der Waals surface area contributed by atoms with Crippen molar-refractivity contribution < 1.29 is 4.42 Å². The van der Waals surface area contributed by atoms with Gasteiger partial charge in [-0.1, -0.05) is 17.7 Å². The summed E-state index contributed by atoms with van der Waals surface area (Å²) in [5.74, 6) is 2.32. The quantitative estimate of drug-likeness (QED) is 0.744. The van der Waals surface area contributed by atoms with Crippen molar-refractivity contribution in [1.29, 1.82) is 0 Å². The van der Waals surface area contributed by atoms with Crippen LogP contribution in [0.15, 0.2) is 41.1 Å². The molecule has 1 aliphatic rings. The molecule has 1 aliphatic heterocycles. The van der Waals surface area contributed by atoms with Crippen LogP contribution in [0.5, 0.6) is 0 Å². The maximum Gasteiger partial charge on any atom is 0.247 e. The third kappa shape index (κ3) is 2.66. The topological polar surface area (TPSA) is 60.0 Å². The Morgan fingerprint density at radius 2 is 2.13 bits per heavy atom. The highest BCUT2D eigenvalue weighted by Crippen LogP contribution is 2.26. The summed E-state index contributed by atoms with van der Waals surface area (Å²) in [5, 5.41) is 8.47. The van der Waals surface area contributed by atoms with Crippen molar-refractivity contribution in [3.8, 4) is 11.5 Å². The highest BCUT2D eigenvalue weighted by molar-refractivity contribution is 5.53. The smallest absolute Gasteiger partial charge is 0.247 e. The molecule has 1 atom stereocenters. The molecule has 4 rings (SSSR count). The van der Waals surface area contributed by atoms with Crippen molar-refractivity contribution in [1.82, 2.24) is 24.6 Å². The van der Waals surface area contributed by atoms with Crippen LogP contribution in [0.2, 0.25) is 0 Å². The Kier molecular flexibility index (Phi) is 3.46. The van der Waals surface area contributed by atoms with Gasteiger partial charge in [-0.3, -0.25) is 4.90 Å². The molecule has 0 bridgehead atoms. The van der Waals surface area contributed by atoms with E-state index in [2.05, 4.69) is 50.6 Å². The third-order valence-electron chi connectivity index (χ3n) is 4.39. The molecule has 6 nitrogen and oxygen atoms in total. The van der Waals surface area contributed by atoms with Crippen LogP contribution in [0.25, 0.3) is 11.5 Å². The van der Waals surface area contributed by atoms with Crippen LogP contribution in [0.3, 0.4) is 0 Å². The van der Waals surface area contributed by atoms with Gasteiger partial charge in [0.25, 0.3) is 0 Å². The molecule has 0 aliphatic carbocycles. The van der Waals surface area contributed by atoms with Gasteiger partial charge in [0, 0.05) is 31.0 Å². The second-order valence-electron chi connectivity index (χ2n) is 6.00. The lowest BCUT2D eigenvalue weighted by molar-refractivity contribution is 0.143. The molecular formula is C17H19N5O. The van der Waals surface area contributed by atoms with E-state index in [0.717, 1.165) is 31.0 Å². The fraction of sp³-hybridized carbons (Fsp3) is 0.353. The van der Waals surface area contributed by atoms with E-state index >= 15 is 0 Å². The largest absolute Gasteiger partial charge is 0.419 e. The minimum absolute atomic E-state index is 0.0755. The number of hydrogen-bond acceptors (Lipinski definition) is 5. The van der Waals surface area contributed by atoms with Gasteiger partial charge in [0.15, 0.2) is 0 Å². The van der Waals surface area contributed by atoms with Crippen LogP contribution in [-0.4, -0.2) is 31.2 Å². The molecule has 3 heterocycles. The Balaban J connectivity index is 1.55. The highest BCUT2D eigenvalue weighted by atomic mass is 16.4. The molecule has 0 saturated heterocycles. The molecule has 3 aromatic rings. The molecule has 23 heavy (non-hydrogen) atoms. The molecule has 6 heteroatoms. The van der Waals surface area contributed by atoms with Crippen molar-refractivity contribution >= 4 is 0 Å². The Bertz CT molecular complexity index is 822. The minimum Gasteiger partial charge on any atom is -0.419 e. The molecule has 0 N–H and O–H groups in total. The van der Waals surface area contributed by atoms with Crippen molar-refractivity contribution in [2.75, 3.05) is 6.54 Å². The summed E-state index contributed by atoms with van der Waals surface area (Å²) in [5.41, 5.74) is 2.14. The molecule has 0 fully saturated rings. The molecule has 0 spiro atoms. The predicted octanol–water partition coefficient (Wildman–Crippen LogP) is 2.82. The first-order chi connectivity index (χ1) is 11.2. The fourth-order valence-electron chi connectivity index (χ4n) is 2.98. The SMILES string of the molecule is Cc1cccc(-c2nnc([C@@H](C)N3CCn4ccnc4C3)o2)c1. The van der Waals surface area contributed by atoms with Gasteiger partial charge in [0.1, 0.15) is 5.82 Å². The number of rotatable bonds is 3. The molecule has 0 unspecified atom stereocenters. The molecular weight excluding hydrogens is 290 g/mol. The van der Waals surface area contributed by atoms with E-state index in [1.165, 1.54) is 5.56 Å². The number of benzene rings is 1. The molecule has 2 aromatic heterocycles. The van der Waals surface area contributed by atoms with E-state index < -0.39 is 0 Å². The first kappa shape index (κ1) is 14.1. The van der Waals surface area contributed by atoms with Crippen LogP contribution < -0.4 is 0 Å². The minimum atomic E-state index is 0.0755. The summed E-state index contributed by atoms with van der Waals surface area (Å²) in [6.07, 6.45) is 3.88. The summed E-state index contributed by atoms with van der Waals surface area (Å²) in [6, 6.07) is 8.18. The number of imidazole rings is 1. The summed E-state index contributed by atoms with van der Waals surface area (Å²) in [7, 11) is 0. The average Bonchev–Trinajstić information content (AvgIpc) is 3.22. The van der Waals surface area contributed by atoms with Crippen LogP contribution >= 0.6 is 0 Å². The zero-order valence-corrected chi connectivity index (χ0v) is 13.3. The van der Waals surface area contributed by atoms with Crippen molar-refractivity contribution in [3.05, 3.63) is 53.9 Å². The van der Waals surface area contributed by atoms with Gasteiger partial charge in [0.05, 0.1) is 12.6 Å². The van der Waals surface area contributed by atoms with Crippen molar-refractivity contribution in [2.45, 2.75) is 33.0 Å². The number of nitrogens with zero attached hydrogens (tertiary/aromatic N) is 5. The van der Waals surface area contributed by atoms with Crippen LogP contribution in [0.1, 0.15) is 30.2 Å². The van der Waals surface area contributed by atoms with Crippen molar-refractivity contribution in [2.24, 2.45) is 0 Å². The fourth-order valence-corrected chi connectivity index (χ4v) is 2.98. The van der Waals surface area contributed by atoms with Gasteiger partial charge < -0.3 is 8.98 Å². The monoisotopic (exact) mass is 309 g/mol. The van der Waals surface area contributed by atoms with Crippen LogP contribution in [-0.2, 0) is 13.1 Å². The van der Waals surface area contributed by atoms with Gasteiger partial charge in [-0.25, -0.2) is 4.98 Å². The predicted molar refractivity (Wildman–Crippen MR) is 85.5 cm³/mol. The highest BCUT2D eigenvalue weighted by Gasteiger charge is 2.26. The van der Waals surface area contributed by atoms with Crippen LogP contribution in [0.4, 0.5) is 0 Å². The summed E-state index contributed by atoms with van der Waals surface area (Å²) in [6.45, 7) is 6.85. The normalized spacial score (nSPS) is 16.3. The number of fused-ring (bicyclic) bond motifs is 1. The van der Waals surface area contributed by atoms with E-state index in [0.29, 0.717) is 11.8 Å². The van der Waals surface area contributed by atoms with Gasteiger partial charge >= 0.3 is 0 Å². The van der Waals surface area contributed by atoms with Gasteiger partial charge in [0.2, 0.25) is 11.8 Å². The van der Waals surface area contributed by atoms with Crippen LogP contribution in [0, 0.1) is 6.92 Å². The summed E-state index contributed by atoms with van der Waals surface area (Å²) >= 11 is 0. The van der Waals surface area contributed by atoms with Gasteiger partial charge in [-0.2, -0.15) is 0 Å². The van der Waals surface area contributed by atoms with E-state index in [4.69, 9.17) is 4.42 Å². The number of hydrogen-bond donors (Lipinski definition) is 0. The molecule has 0 saturated carbocycles. The summed E-state index contributed by atoms with van der Waals surface area (Å²) < 4.78 is 8.11. The molecule has 0 radical (unpaired) electrons. The first-order valence-corrected chi connectivity index (χ1v) is 7.85. The average molecular weight is 309 g/mol. The maximum absolute atomic E-state index is 5.92. The first-order valence-electron chi connectivity index (χ1n) is 7.85. The van der Waals surface area contributed by atoms with Gasteiger partial charge in [-0.15, -0.1) is 10.2 Å². The third-order valence-corrected chi connectivity index (χ3v) is 4.39. The van der Waals surface area contributed by atoms with E-state index in [-0.39, 0.29) is 6.04 Å². The Hall–Kier alpha value is -2.47. The van der Waals surface area contributed by atoms with Crippen molar-refractivity contribution in [3.63, 3.8) is 0 Å². The Labute approximate surface area is 134 Å². The van der Waals surface area contributed by atoms with Gasteiger partial charge in [-0.05, 0) is 26.0 Å². The van der Waals surface area contributed by atoms with E-state index in [1.807, 2.05) is 24.5 Å². The van der Waals surface area contributed by atoms with E-state index in [1.54, 1.807) is 0 Å². The van der Waals surface area contributed by atoms with E-state index in [9.17, 15) is 0 Å². The zero-order chi connectivity index (χ0) is 15.8. The standard InChI is InChI=1S/C17H19N5O/c1-12-4-3-5-14(10-12)17-20-19-16(23-17)13(2)22-9-8-21-7-6-18-15(21)11-22/h3-7,10,13H,8-9,11H2,1-2H3/t13-/m1/s1. The Morgan fingerprint density at radius 1 is 1.22 bits per heavy atom. The zero-order valence-electron chi connectivity index (χ0n) is 13.3. The number of aryl methyl sites for hydroxylation is 1. The lowest BCUT2D eigenvalue weighted by atomic mass is 10.1. The lowest BCUT2D eigenvalue weighted by Crippen LogP contribution is -2.35. The molecule has 118 valence electrons. The Morgan fingerprint density at radius 3 is 3.00 bits per heavy atom. The maximum atomic E-state index is 5.92. The lowest BCUT2D eigenvalue weighted by Gasteiger charge is -2.30. The molecule has 0 amide bonds. The second kappa shape index (κ2) is 5.62.